The van der Waals surface area contributed by atoms with Crippen LogP contribution in [0.15, 0.2) is 53.3 Å². The average Bonchev–Trinajstić information content (AvgIpc) is 3.93. The topological polar surface area (TPSA) is 291 Å². The number of rotatable bonds is 22. The number of hydrogen-bond donors (Lipinski definition) is 2. The average molecular weight is 942 g/mol. The van der Waals surface area contributed by atoms with E-state index in [0.717, 1.165) is 16.5 Å². The number of benzene rings is 2. The molecule has 4 aliphatic heterocycles. The third-order valence-electron chi connectivity index (χ3n) is 11.7. The van der Waals surface area contributed by atoms with Gasteiger partial charge in [-0.2, -0.15) is 9.37 Å². The molecule has 4 atom stereocenters. The van der Waals surface area contributed by atoms with Crippen molar-refractivity contribution in [2.75, 3.05) is 19.7 Å². The normalized spacial score (nSPS) is 21.3. The number of phenols is 1. The van der Waals surface area contributed by atoms with Gasteiger partial charge in [-0.3, -0.25) is 9.59 Å². The quantitative estimate of drug-likeness (QED) is 0.0192. The van der Waals surface area contributed by atoms with Crippen molar-refractivity contribution in [3.05, 3.63) is 92.3 Å². The van der Waals surface area contributed by atoms with Crippen molar-refractivity contribution in [1.29, 1.82) is 0 Å². The van der Waals surface area contributed by atoms with Crippen molar-refractivity contribution in [3.63, 3.8) is 0 Å². The van der Waals surface area contributed by atoms with Crippen LogP contribution >= 0.6 is 0 Å². The number of esters is 1. The van der Waals surface area contributed by atoms with Crippen molar-refractivity contribution in [1.82, 2.24) is 14.9 Å². The molecule has 2 saturated heterocycles. The third kappa shape index (κ3) is 9.47. The Labute approximate surface area is 376 Å². The van der Waals surface area contributed by atoms with Crippen LogP contribution in [0.2, 0.25) is 0 Å². The number of aryl methyl sites for hydroxylation is 1. The van der Waals surface area contributed by atoms with E-state index < -0.39 is 45.6 Å². The maximum atomic E-state index is 14.0. The molecule has 0 bridgehead atoms. The van der Waals surface area contributed by atoms with Crippen LogP contribution in [-0.2, 0) is 132 Å². The first-order valence-electron chi connectivity index (χ1n) is 20.6. The van der Waals surface area contributed by atoms with Gasteiger partial charge in [0.25, 0.3) is 11.5 Å². The largest absolute Gasteiger partial charge is 0.510 e. The number of pyridine rings is 2. The van der Waals surface area contributed by atoms with Crippen molar-refractivity contribution < 1.29 is 108 Å². The maximum absolute atomic E-state index is 14.0. The Morgan fingerprint density at radius 3 is 2.21 bits per heavy atom. The Kier molecular flexibility index (Phi) is 14.2. The third-order valence-corrected chi connectivity index (χ3v) is 11.7. The van der Waals surface area contributed by atoms with Gasteiger partial charge in [0, 0.05) is 23.1 Å². The molecule has 1 spiro atoms. The number of carbonyl (C=O) groups is 5. The summed E-state index contributed by atoms with van der Waals surface area (Å²) < 4.78 is 17.6. The number of nitrogens with one attached hydrogen (secondary N) is 1. The van der Waals surface area contributed by atoms with E-state index in [9.17, 15) is 33.9 Å². The minimum atomic E-state index is -1.98. The van der Waals surface area contributed by atoms with Crippen LogP contribution in [0.25, 0.3) is 22.3 Å². The Morgan fingerprint density at radius 2 is 1.55 bits per heavy atom. The minimum Gasteiger partial charge on any atom is -0.508 e. The van der Waals surface area contributed by atoms with Gasteiger partial charge in [0.15, 0.2) is 6.54 Å². The van der Waals surface area contributed by atoms with E-state index in [1.165, 1.54) is 6.07 Å². The number of quaternary nitrogens is 1. The summed E-state index contributed by atoms with van der Waals surface area (Å²) in [6.07, 6.45) is -0.510. The molecule has 4 unspecified atom stereocenters. The molecule has 4 aromatic rings. The predicted octanol–water partition coefficient (Wildman–Crippen LogP) is 2.88. The predicted molar refractivity (Wildman–Crippen MR) is 208 cm³/mol. The Morgan fingerprint density at radius 1 is 0.881 bits per heavy atom. The number of hydrogen-bond acceptors (Lipinski definition) is 23. The van der Waals surface area contributed by atoms with Gasteiger partial charge in [-0.15, -0.1) is 0 Å². The first-order chi connectivity index (χ1) is 32.4. The molecule has 2 aromatic carbocycles. The highest BCUT2D eigenvalue weighted by atomic mass is 18.0. The summed E-state index contributed by atoms with van der Waals surface area (Å²) in [6, 6.07) is 12.2. The van der Waals surface area contributed by atoms with Crippen LogP contribution in [0.3, 0.4) is 0 Å². The molecule has 0 radical (unpaired) electrons. The maximum Gasteiger partial charge on any atom is 0.510 e. The molecule has 2 N–H and O–H groups in total. The zero-order chi connectivity index (χ0) is 47.3. The van der Waals surface area contributed by atoms with Crippen LogP contribution in [0.5, 0.6) is 5.75 Å². The van der Waals surface area contributed by atoms with Gasteiger partial charge < -0.3 is 29.2 Å². The first kappa shape index (κ1) is 47.1. The first-order valence-corrected chi connectivity index (χ1v) is 20.6. The highest BCUT2D eigenvalue weighted by Gasteiger charge is 2.73. The SMILES string of the molecule is CCc1c2c(nc3ccc(O)cc13)-c1cc3c(c(=O)n1C2)COC(=O)C3(CC)OC(=O)OCc1ccc(COOOOOOOOOOOOCCNC(=O)C2C[N+]23C(=O)CC(C)C3=O)cc1. The number of aromatic hydroxyl groups is 1. The van der Waals surface area contributed by atoms with E-state index in [0.29, 0.717) is 34.5 Å². The highest BCUT2D eigenvalue weighted by Crippen LogP contribution is 2.43. The zero-order valence-corrected chi connectivity index (χ0v) is 35.7. The molecule has 6 heterocycles. The summed E-state index contributed by atoms with van der Waals surface area (Å²) in [4.78, 5) is 91.4. The minimum absolute atomic E-state index is 0.0485. The van der Waals surface area contributed by atoms with E-state index >= 15 is 0 Å². The Bertz CT molecular complexity index is 2620. The smallest absolute Gasteiger partial charge is 0.508 e. The summed E-state index contributed by atoms with van der Waals surface area (Å²) in [6.45, 7) is 4.63. The van der Waals surface area contributed by atoms with Crippen LogP contribution in [-0.4, -0.2) is 74.7 Å². The van der Waals surface area contributed by atoms with E-state index in [1.807, 2.05) is 6.92 Å². The van der Waals surface area contributed by atoms with Crippen LogP contribution in [0.1, 0.15) is 67.0 Å². The number of amides is 3. The number of nitrogens with zero attached hydrogens (tertiary/aromatic N) is 3. The fourth-order valence-corrected chi connectivity index (χ4v) is 8.40. The molecule has 2 fully saturated rings. The van der Waals surface area contributed by atoms with Crippen molar-refractivity contribution in [2.45, 2.75) is 78.0 Å². The monoisotopic (exact) mass is 941 g/mol. The highest BCUT2D eigenvalue weighted by molar-refractivity contribution is 6.00. The molecular formula is C41H41N4O22+. The molecule has 0 aliphatic carbocycles. The van der Waals surface area contributed by atoms with Gasteiger partial charge in [0.2, 0.25) is 11.6 Å². The molecular weight excluding hydrogens is 900 g/mol. The van der Waals surface area contributed by atoms with E-state index in [2.05, 4.69) is 60.6 Å². The molecule has 3 amide bonds. The van der Waals surface area contributed by atoms with E-state index in [-0.39, 0.29) is 87.6 Å². The van der Waals surface area contributed by atoms with Crippen molar-refractivity contribution in [3.8, 4) is 17.1 Å². The van der Waals surface area contributed by atoms with Crippen LogP contribution in [0.4, 0.5) is 4.79 Å². The lowest BCUT2D eigenvalue weighted by Crippen LogP contribution is -2.47. The number of fused-ring (bicyclic) bond motifs is 5. The lowest BCUT2D eigenvalue weighted by molar-refractivity contribution is -0.863. The number of imide groups is 1. The molecule has 0 saturated carbocycles. The molecule has 26 heteroatoms. The van der Waals surface area contributed by atoms with Gasteiger partial charge in [-0.05, 0) is 111 Å². The van der Waals surface area contributed by atoms with Gasteiger partial charge in [0.1, 0.15) is 32.2 Å². The second-order valence-electron chi connectivity index (χ2n) is 15.5. The fraction of sp³-hybridized carbons (Fsp3) is 0.390. The molecule has 8 rings (SSSR count). The van der Waals surface area contributed by atoms with Gasteiger partial charge in [-0.1, -0.05) is 38.1 Å². The molecule has 67 heavy (non-hydrogen) atoms. The fourth-order valence-electron chi connectivity index (χ4n) is 8.40. The standard InChI is InChI=1S/C41H40N4O22/c1-4-26-27-15-25(46)10-11-31(27)43-35-28(26)17-44-32(35)16-30-29(37(44)49)21-53-39(51)41(30,5-2)57-40(52)54-19-23-6-8-24(9-7-23)20-56-59-61-63-65-67-66-64-62-60-58-55-13-12-42-36(48)33-18-45(33)34(47)14-22(3)38(45)50/h6-11,15-16,22,33H,4-5,12-14,17-21H2,1-3H3,(H-,42,46,48,49)/p+1. The second kappa shape index (κ2) is 20.2. The number of ether oxygens (including phenoxy) is 3. The number of phenolic OH excluding ortho intramolecular Hbond substituents is 1. The summed E-state index contributed by atoms with van der Waals surface area (Å²) >= 11 is 0. The summed E-state index contributed by atoms with van der Waals surface area (Å²) in [5.41, 5.74) is 2.46. The summed E-state index contributed by atoms with van der Waals surface area (Å²) in [5.74, 6) is -2.16. The van der Waals surface area contributed by atoms with E-state index in [1.54, 1.807) is 60.9 Å². The number of carbonyl (C=O) groups excluding carboxylic acids is 5. The molecule has 26 nitrogen and oxygen atoms in total. The number of aromatic nitrogens is 2. The molecule has 356 valence electrons. The Hall–Kier alpha value is -6.37. The second-order valence-corrected chi connectivity index (χ2v) is 15.5. The van der Waals surface area contributed by atoms with E-state index in [4.69, 9.17) is 24.1 Å². The van der Waals surface area contributed by atoms with Gasteiger partial charge in [0.05, 0.1) is 41.4 Å². The Balaban J connectivity index is 0.702. The molecule has 2 aromatic heterocycles. The lowest BCUT2D eigenvalue weighted by Gasteiger charge is -2.35. The zero-order valence-electron chi connectivity index (χ0n) is 35.7. The van der Waals surface area contributed by atoms with Crippen molar-refractivity contribution in [2.24, 2.45) is 5.92 Å². The lowest BCUT2D eigenvalue weighted by atomic mass is 9.85. The molecule has 4 aliphatic rings. The number of cyclic esters (lactones) is 1. The van der Waals surface area contributed by atoms with Crippen LogP contribution < -0.4 is 10.9 Å². The summed E-state index contributed by atoms with van der Waals surface area (Å²) in [7, 11) is 0. The van der Waals surface area contributed by atoms with Gasteiger partial charge in [-0.25, -0.2) is 29.0 Å². The van der Waals surface area contributed by atoms with Gasteiger partial charge >= 0.3 is 23.9 Å². The van der Waals surface area contributed by atoms with Crippen molar-refractivity contribution >= 4 is 40.7 Å². The summed E-state index contributed by atoms with van der Waals surface area (Å²) in [5, 5.41) is 53.1. The van der Waals surface area contributed by atoms with Crippen LogP contribution in [0, 0.1) is 5.92 Å².